The third-order valence-corrected chi connectivity index (χ3v) is 2.21. The van der Waals surface area contributed by atoms with Crippen LogP contribution in [0, 0.1) is 0 Å². The van der Waals surface area contributed by atoms with Crippen molar-refractivity contribution in [3.8, 4) is 0 Å². The summed E-state index contributed by atoms with van der Waals surface area (Å²) in [6.45, 7) is 1.77. The Balaban J connectivity index is -0.000000385. The quantitative estimate of drug-likeness (QED) is 0.309. The van der Waals surface area contributed by atoms with Crippen LogP contribution in [-0.4, -0.2) is 73.2 Å². The van der Waals surface area contributed by atoms with E-state index in [1.54, 1.807) is 0 Å². The lowest BCUT2D eigenvalue weighted by molar-refractivity contribution is -0.873. The minimum atomic E-state index is -1.46. The molecular formula is C13H26ClN3O7. The van der Waals surface area contributed by atoms with Crippen molar-refractivity contribution in [3.63, 3.8) is 0 Å². The van der Waals surface area contributed by atoms with Crippen molar-refractivity contribution >= 4 is 36.2 Å². The van der Waals surface area contributed by atoms with Crippen LogP contribution in [0.5, 0.6) is 0 Å². The third kappa shape index (κ3) is 20.1. The Morgan fingerprint density at radius 3 is 1.83 bits per heavy atom. The lowest BCUT2D eigenvalue weighted by Crippen LogP contribution is -2.44. The first kappa shape index (κ1) is 27.0. The van der Waals surface area contributed by atoms with Gasteiger partial charge < -0.3 is 35.7 Å². The molecule has 0 spiro atoms. The number of aliphatic carboxylic acids is 2. The molecule has 0 aromatic heterocycles. The average Bonchev–Trinajstić information content (AvgIpc) is 2.23. The first-order chi connectivity index (χ1) is 10.2. The zero-order chi connectivity index (χ0) is 18.8. The second-order valence-electron chi connectivity index (χ2n) is 5.90. The largest absolute Gasteiger partial charge is 0.548 e. The van der Waals surface area contributed by atoms with Gasteiger partial charge in [-0.1, -0.05) is 0 Å². The van der Waals surface area contributed by atoms with E-state index >= 15 is 0 Å². The number of nitrogens with zero attached hydrogens (tertiary/aromatic N) is 1. The summed E-state index contributed by atoms with van der Waals surface area (Å²) in [4.78, 5) is 40.9. The van der Waals surface area contributed by atoms with E-state index < -0.39 is 36.0 Å². The highest BCUT2D eigenvalue weighted by Gasteiger charge is 2.23. The van der Waals surface area contributed by atoms with E-state index in [-0.39, 0.29) is 25.2 Å². The molecule has 5 N–H and O–H groups in total. The first-order valence-corrected chi connectivity index (χ1v) is 6.68. The van der Waals surface area contributed by atoms with Crippen molar-refractivity contribution in [2.24, 2.45) is 11.5 Å². The highest BCUT2D eigenvalue weighted by atomic mass is 35.5. The number of amides is 1. The van der Waals surface area contributed by atoms with Crippen LogP contribution in [0.4, 0.5) is 0 Å². The number of nitrogens with two attached hydrogens (primary N) is 2. The van der Waals surface area contributed by atoms with Gasteiger partial charge in [0.05, 0.1) is 39.6 Å². The minimum absolute atomic E-state index is 0. The average molecular weight is 372 g/mol. The van der Waals surface area contributed by atoms with Crippen LogP contribution in [0.2, 0.25) is 0 Å². The molecule has 0 aliphatic rings. The van der Waals surface area contributed by atoms with Crippen LogP contribution in [-0.2, 0) is 23.9 Å². The summed E-state index contributed by atoms with van der Waals surface area (Å²) in [5.74, 6) is -3.60. The smallest absolute Gasteiger partial charge is 0.307 e. The number of halogens is 1. The highest BCUT2D eigenvalue weighted by Crippen LogP contribution is 2.04. The summed E-state index contributed by atoms with van der Waals surface area (Å²) >= 11 is 0. The van der Waals surface area contributed by atoms with E-state index in [4.69, 9.17) is 15.6 Å². The normalized spacial score (nSPS) is 12.5. The molecule has 0 saturated heterocycles. The maximum absolute atomic E-state index is 10.7. The van der Waals surface area contributed by atoms with Gasteiger partial charge in [0.25, 0.3) is 0 Å². The van der Waals surface area contributed by atoms with Gasteiger partial charge in [0.2, 0.25) is 5.91 Å². The fraction of sp³-hybridized carbons (Fsp3) is 0.692. The van der Waals surface area contributed by atoms with E-state index in [2.05, 4.69) is 5.73 Å². The van der Waals surface area contributed by atoms with Gasteiger partial charge in [-0.25, -0.2) is 0 Å². The van der Waals surface area contributed by atoms with Crippen molar-refractivity contribution < 1.29 is 38.6 Å². The Labute approximate surface area is 146 Å². The van der Waals surface area contributed by atoms with Crippen LogP contribution in [0.3, 0.4) is 0 Å². The maximum Gasteiger partial charge on any atom is 0.307 e. The van der Waals surface area contributed by atoms with E-state index in [1.165, 1.54) is 6.92 Å². The highest BCUT2D eigenvalue weighted by molar-refractivity contribution is 5.85. The molecule has 0 aromatic carbocycles. The first-order valence-electron chi connectivity index (χ1n) is 6.68. The lowest BCUT2D eigenvalue weighted by atomic mass is 10.2. The van der Waals surface area contributed by atoms with Crippen molar-refractivity contribution in [2.45, 2.75) is 31.9 Å². The predicted octanol–water partition coefficient (Wildman–Crippen LogP) is -2.54. The molecular weight excluding hydrogens is 346 g/mol. The molecule has 0 rings (SSSR count). The maximum atomic E-state index is 10.7. The molecule has 2 atom stereocenters. The van der Waals surface area contributed by atoms with Gasteiger partial charge in [-0.15, -0.1) is 12.4 Å². The van der Waals surface area contributed by atoms with Crippen molar-refractivity contribution in [3.05, 3.63) is 0 Å². The van der Waals surface area contributed by atoms with Crippen LogP contribution in [0.1, 0.15) is 19.8 Å². The Morgan fingerprint density at radius 1 is 1.17 bits per heavy atom. The Hall–Kier alpha value is -1.91. The fourth-order valence-corrected chi connectivity index (χ4v) is 1.48. The molecule has 0 fully saturated rings. The fourth-order valence-electron chi connectivity index (χ4n) is 1.48. The van der Waals surface area contributed by atoms with Gasteiger partial charge in [0.1, 0.15) is 6.54 Å². The number of carbonyl (C=O) groups is 4. The van der Waals surface area contributed by atoms with E-state index in [9.17, 15) is 24.3 Å². The number of likely N-dealkylation sites (N-methyl/N-ethyl adjacent to an activating group) is 1. The number of quaternary nitrogens is 1. The lowest BCUT2D eigenvalue weighted by Gasteiger charge is -2.28. The third-order valence-electron chi connectivity index (χ3n) is 2.21. The summed E-state index contributed by atoms with van der Waals surface area (Å²) in [5.41, 5.74) is 9.48. The Morgan fingerprint density at radius 2 is 1.62 bits per heavy atom. The van der Waals surface area contributed by atoms with Gasteiger partial charge in [-0.2, -0.15) is 0 Å². The van der Waals surface area contributed by atoms with E-state index in [0.717, 1.165) is 0 Å². The second-order valence-corrected chi connectivity index (χ2v) is 5.90. The van der Waals surface area contributed by atoms with E-state index in [0.29, 0.717) is 11.0 Å². The standard InChI is InChI=1S/C9H17NO4.C4H8N2O3.ClH/c1-7(11)14-8(5-9(12)13)6-10(2,3)4;5-2(4(8)9)1-3(6)7;/h8H,5-6H2,1-4H3;2H,1,5H2,(H2,6,7)(H,8,9);1H/t8-;2-;/m01./s1. The summed E-state index contributed by atoms with van der Waals surface area (Å²) in [6.07, 6.45) is -1.07. The van der Waals surface area contributed by atoms with Crippen LogP contribution < -0.4 is 16.6 Å². The molecule has 0 aromatic rings. The van der Waals surface area contributed by atoms with E-state index in [1.807, 2.05) is 21.1 Å². The number of primary amides is 1. The van der Waals surface area contributed by atoms with Crippen molar-refractivity contribution in [2.75, 3.05) is 27.7 Å². The molecule has 24 heavy (non-hydrogen) atoms. The van der Waals surface area contributed by atoms with Gasteiger partial charge in [-0.3, -0.25) is 14.4 Å². The molecule has 0 radical (unpaired) electrons. The van der Waals surface area contributed by atoms with Gasteiger partial charge >= 0.3 is 11.9 Å². The number of hydrogen-bond acceptors (Lipinski definition) is 7. The summed E-state index contributed by atoms with van der Waals surface area (Å²) in [7, 11) is 5.75. The minimum Gasteiger partial charge on any atom is -0.548 e. The second kappa shape index (κ2) is 12.5. The molecule has 1 amide bonds. The summed E-state index contributed by atoms with van der Waals surface area (Å²) in [6, 6.07) is -1.28. The molecule has 0 unspecified atom stereocenters. The Bertz CT molecular complexity index is 422. The molecule has 0 aliphatic carbocycles. The number of carboxylic acids is 2. The number of carboxylic acid groups (broad SMARTS) is 2. The topological polar surface area (TPSA) is 173 Å². The Kier molecular flexibility index (Phi) is 14.0. The summed E-state index contributed by atoms with van der Waals surface area (Å²) < 4.78 is 5.46. The van der Waals surface area contributed by atoms with Gasteiger partial charge in [0, 0.05) is 13.3 Å². The monoisotopic (exact) mass is 371 g/mol. The molecule has 142 valence electrons. The molecule has 0 aliphatic heterocycles. The number of hydrogen-bond donors (Lipinski definition) is 3. The summed E-state index contributed by atoms with van der Waals surface area (Å²) in [5, 5.41) is 18.4. The zero-order valence-electron chi connectivity index (χ0n) is 14.2. The van der Waals surface area contributed by atoms with Crippen LogP contribution >= 0.6 is 12.4 Å². The van der Waals surface area contributed by atoms with Crippen LogP contribution in [0.15, 0.2) is 0 Å². The number of esters is 1. The SMILES string of the molecule is CC(=O)O[C@@H](CC(=O)O)C[N+](C)(C)C.Cl.NC(=O)C[C@@H](N)C(=O)[O-]. The van der Waals surface area contributed by atoms with Crippen molar-refractivity contribution in [1.29, 1.82) is 0 Å². The predicted molar refractivity (Wildman–Crippen MR) is 84.7 cm³/mol. The van der Waals surface area contributed by atoms with Crippen molar-refractivity contribution in [1.82, 2.24) is 0 Å². The molecule has 0 bridgehead atoms. The molecule has 11 heteroatoms. The number of rotatable bonds is 8. The number of ether oxygens (including phenoxy) is 1. The number of carbonyl (C=O) groups excluding carboxylic acids is 3. The van der Waals surface area contributed by atoms with Gasteiger partial charge in [-0.05, 0) is 0 Å². The zero-order valence-corrected chi connectivity index (χ0v) is 15.0. The molecule has 0 heterocycles. The van der Waals surface area contributed by atoms with Crippen LogP contribution in [0.25, 0.3) is 0 Å². The molecule has 10 nitrogen and oxygen atoms in total. The van der Waals surface area contributed by atoms with Gasteiger partial charge in [0.15, 0.2) is 6.10 Å². The molecule has 0 saturated carbocycles.